The Morgan fingerprint density at radius 3 is 2.11 bits per heavy atom. The molecule has 0 atom stereocenters. The summed E-state index contributed by atoms with van der Waals surface area (Å²) in [6.07, 6.45) is 2.01. The molecule has 0 unspecified atom stereocenters. The van der Waals surface area contributed by atoms with Gasteiger partial charge in [0.25, 0.3) is 0 Å². The van der Waals surface area contributed by atoms with Gasteiger partial charge in [0.15, 0.2) is 0 Å². The second-order valence-corrected chi connectivity index (χ2v) is 1.59. The van der Waals surface area contributed by atoms with Gasteiger partial charge in [-0.25, -0.2) is 4.89 Å². The zero-order valence-electron chi connectivity index (χ0n) is 5.20. The van der Waals surface area contributed by atoms with Crippen molar-refractivity contribution >= 4 is 0 Å². The monoisotopic (exact) mass is 220 g/mol. The van der Waals surface area contributed by atoms with E-state index in [4.69, 9.17) is 12.1 Å². The van der Waals surface area contributed by atoms with E-state index in [1.165, 1.54) is 0 Å². The van der Waals surface area contributed by atoms with E-state index in [1.807, 2.05) is 6.92 Å². The van der Waals surface area contributed by atoms with Crippen molar-refractivity contribution in [2.24, 2.45) is 0 Å². The SMILES string of the molecule is CCCCOO.[O]=[Mo]=[O]. The zero-order chi connectivity index (χ0) is 7.54. The molecule has 4 nitrogen and oxygen atoms in total. The molecule has 0 aromatic heterocycles. The van der Waals surface area contributed by atoms with E-state index in [2.05, 4.69) is 4.89 Å². The third kappa shape index (κ3) is 30.7. The molecule has 1 N–H and O–H groups in total. The standard InChI is InChI=1S/C4H10O2.Mo.2O/c1-2-3-4-6-5;;;/h5H,2-4H2,1H3;;;. The van der Waals surface area contributed by atoms with Gasteiger partial charge in [0, 0.05) is 0 Å². The van der Waals surface area contributed by atoms with Crippen LogP contribution < -0.4 is 0 Å². The molecule has 56 valence electrons. The molecular formula is C4H10MoO4. The molecule has 0 aromatic carbocycles. The maximum atomic E-state index is 8.50. The van der Waals surface area contributed by atoms with E-state index < -0.39 is 18.5 Å². The Morgan fingerprint density at radius 1 is 1.56 bits per heavy atom. The first kappa shape index (κ1) is 11.9. The predicted molar refractivity (Wildman–Crippen MR) is 24.9 cm³/mol. The fraction of sp³-hybridized carbons (Fsp3) is 1.00. The molecule has 0 rings (SSSR count). The van der Waals surface area contributed by atoms with Gasteiger partial charge in [-0.2, -0.15) is 0 Å². The zero-order valence-corrected chi connectivity index (χ0v) is 7.21. The van der Waals surface area contributed by atoms with Gasteiger partial charge in [0.1, 0.15) is 0 Å². The topological polar surface area (TPSA) is 63.6 Å². The summed E-state index contributed by atoms with van der Waals surface area (Å²) in [6.45, 7) is 2.51. The molecule has 0 fully saturated rings. The van der Waals surface area contributed by atoms with Crippen LogP contribution in [0.5, 0.6) is 0 Å². The van der Waals surface area contributed by atoms with Crippen LogP contribution in [0.25, 0.3) is 0 Å². The predicted octanol–water partition coefficient (Wildman–Crippen LogP) is 1.04. The average molecular weight is 218 g/mol. The first-order valence-corrected chi connectivity index (χ1v) is 4.15. The van der Waals surface area contributed by atoms with Crippen LogP contribution in [0, 0.1) is 0 Å². The maximum absolute atomic E-state index is 8.50. The molecule has 0 saturated carbocycles. The van der Waals surface area contributed by atoms with Crippen LogP contribution in [0.3, 0.4) is 0 Å². The molecule has 0 aliphatic rings. The fourth-order valence-electron chi connectivity index (χ4n) is 0.209. The number of unbranched alkanes of at least 4 members (excludes halogenated alkanes) is 1. The minimum atomic E-state index is -2.03. The van der Waals surface area contributed by atoms with Crippen molar-refractivity contribution in [1.82, 2.24) is 0 Å². The quantitative estimate of drug-likeness (QED) is 0.332. The molecule has 9 heavy (non-hydrogen) atoms. The second kappa shape index (κ2) is 15.7. The Morgan fingerprint density at radius 2 is 2.00 bits per heavy atom. The first-order valence-electron chi connectivity index (χ1n) is 2.51. The van der Waals surface area contributed by atoms with E-state index in [9.17, 15) is 0 Å². The molecular weight excluding hydrogens is 208 g/mol. The number of hydrogen-bond donors (Lipinski definition) is 1. The molecule has 0 spiro atoms. The molecule has 0 bridgehead atoms. The van der Waals surface area contributed by atoms with Gasteiger partial charge in [0.05, 0.1) is 6.61 Å². The molecule has 0 saturated heterocycles. The van der Waals surface area contributed by atoms with E-state index in [-0.39, 0.29) is 0 Å². The van der Waals surface area contributed by atoms with E-state index in [1.54, 1.807) is 0 Å². The van der Waals surface area contributed by atoms with Gasteiger partial charge >= 0.3 is 25.3 Å². The van der Waals surface area contributed by atoms with Crippen LogP contribution in [0.4, 0.5) is 0 Å². The first-order chi connectivity index (χ1) is 4.33. The van der Waals surface area contributed by atoms with Gasteiger partial charge in [-0.3, -0.25) is 5.26 Å². The molecule has 5 heteroatoms. The minimum absolute atomic E-state index is 0.469. The van der Waals surface area contributed by atoms with Crippen molar-refractivity contribution in [2.75, 3.05) is 6.61 Å². The van der Waals surface area contributed by atoms with Crippen LogP contribution >= 0.6 is 0 Å². The molecule has 0 heterocycles. The van der Waals surface area contributed by atoms with E-state index in [0.29, 0.717) is 6.61 Å². The number of rotatable bonds is 3. The third-order valence-electron chi connectivity index (χ3n) is 0.589. The van der Waals surface area contributed by atoms with Crippen LogP contribution in [0.1, 0.15) is 19.8 Å². The summed E-state index contributed by atoms with van der Waals surface area (Å²) < 4.78 is 17.0. The van der Waals surface area contributed by atoms with Crippen LogP contribution in [0.2, 0.25) is 0 Å². The van der Waals surface area contributed by atoms with Gasteiger partial charge in [-0.15, -0.1) is 0 Å². The van der Waals surface area contributed by atoms with Gasteiger partial charge in [-0.05, 0) is 6.42 Å². The Kier molecular flexibility index (Phi) is 20.9. The van der Waals surface area contributed by atoms with Crippen molar-refractivity contribution < 1.29 is 35.4 Å². The molecule has 0 amide bonds. The van der Waals surface area contributed by atoms with Gasteiger partial charge < -0.3 is 0 Å². The normalized spacial score (nSPS) is 7.33. The Balaban J connectivity index is 0. The second-order valence-electron chi connectivity index (χ2n) is 1.25. The summed E-state index contributed by atoms with van der Waals surface area (Å²) >= 11 is -2.03. The summed E-state index contributed by atoms with van der Waals surface area (Å²) in [7, 11) is 0. The van der Waals surface area contributed by atoms with E-state index in [0.717, 1.165) is 12.8 Å². The molecule has 0 aliphatic heterocycles. The van der Waals surface area contributed by atoms with Crippen molar-refractivity contribution in [3.05, 3.63) is 0 Å². The van der Waals surface area contributed by atoms with Crippen molar-refractivity contribution in [1.29, 1.82) is 0 Å². The fourth-order valence-corrected chi connectivity index (χ4v) is 0.209. The molecule has 0 radical (unpaired) electrons. The third-order valence-corrected chi connectivity index (χ3v) is 0.589. The van der Waals surface area contributed by atoms with Crippen molar-refractivity contribution in [3.8, 4) is 0 Å². The van der Waals surface area contributed by atoms with Gasteiger partial charge in [-0.1, -0.05) is 13.3 Å². The van der Waals surface area contributed by atoms with E-state index >= 15 is 0 Å². The Hall–Kier alpha value is 0.208. The molecule has 0 aliphatic carbocycles. The summed E-state index contributed by atoms with van der Waals surface area (Å²) in [5.74, 6) is 0. The van der Waals surface area contributed by atoms with Gasteiger partial charge in [0.2, 0.25) is 0 Å². The summed E-state index contributed by atoms with van der Waals surface area (Å²) in [6, 6.07) is 0. The van der Waals surface area contributed by atoms with Crippen LogP contribution in [-0.2, 0) is 30.2 Å². The average Bonchev–Trinajstić information content (AvgIpc) is 1.86. The number of hydrogen-bond acceptors (Lipinski definition) is 4. The Bertz CT molecular complexity index is 65.0. The molecule has 0 aromatic rings. The summed E-state index contributed by atoms with van der Waals surface area (Å²) in [4.78, 5) is 3.78. The van der Waals surface area contributed by atoms with Crippen LogP contribution in [0.15, 0.2) is 0 Å². The van der Waals surface area contributed by atoms with Crippen LogP contribution in [-0.4, -0.2) is 11.9 Å². The summed E-state index contributed by atoms with van der Waals surface area (Å²) in [5.41, 5.74) is 0. The summed E-state index contributed by atoms with van der Waals surface area (Å²) in [5, 5.41) is 7.70. The van der Waals surface area contributed by atoms with Crippen molar-refractivity contribution in [2.45, 2.75) is 19.8 Å². The van der Waals surface area contributed by atoms with Crippen molar-refractivity contribution in [3.63, 3.8) is 0 Å². The Labute approximate surface area is 62.3 Å².